The molecule has 0 aliphatic carbocycles. The van der Waals surface area contributed by atoms with Crippen LogP contribution in [0.25, 0.3) is 0 Å². The third-order valence-electron chi connectivity index (χ3n) is 2.99. The number of alkyl halides is 3. The Labute approximate surface area is 119 Å². The van der Waals surface area contributed by atoms with Crippen molar-refractivity contribution in [2.45, 2.75) is 19.1 Å². The molecular formula is C14H14F3N3O. The van der Waals surface area contributed by atoms with Gasteiger partial charge < -0.3 is 5.32 Å². The van der Waals surface area contributed by atoms with E-state index in [1.807, 2.05) is 6.07 Å². The maximum Gasteiger partial charge on any atom is 0.435 e. The molecule has 0 spiro atoms. The number of halogens is 3. The summed E-state index contributed by atoms with van der Waals surface area (Å²) >= 11 is 0. The van der Waals surface area contributed by atoms with E-state index in [0.717, 1.165) is 16.4 Å². The van der Waals surface area contributed by atoms with Crippen LogP contribution in [0.2, 0.25) is 0 Å². The summed E-state index contributed by atoms with van der Waals surface area (Å²) in [5, 5.41) is 5.86. The van der Waals surface area contributed by atoms with Crippen molar-refractivity contribution in [2.75, 3.05) is 0 Å². The van der Waals surface area contributed by atoms with Crippen LogP contribution in [0.15, 0.2) is 36.5 Å². The first kappa shape index (κ1) is 15.1. The molecule has 0 saturated carbocycles. The van der Waals surface area contributed by atoms with Crippen molar-refractivity contribution in [3.63, 3.8) is 0 Å². The lowest BCUT2D eigenvalue weighted by molar-refractivity contribution is -0.141. The lowest BCUT2D eigenvalue weighted by atomic mass is 10.1. The Balaban J connectivity index is 2.22. The average Bonchev–Trinajstić information content (AvgIpc) is 2.82. The number of carbonyl (C=O) groups is 1. The highest BCUT2D eigenvalue weighted by Gasteiger charge is 2.39. The number of hydrogen-bond donors (Lipinski definition) is 1. The van der Waals surface area contributed by atoms with E-state index >= 15 is 0 Å². The topological polar surface area (TPSA) is 46.9 Å². The first-order valence-corrected chi connectivity index (χ1v) is 6.25. The fourth-order valence-electron chi connectivity index (χ4n) is 1.96. The molecule has 0 aliphatic rings. The number of aryl methyl sites for hydroxylation is 1. The van der Waals surface area contributed by atoms with Gasteiger partial charge in [-0.15, -0.1) is 0 Å². The van der Waals surface area contributed by atoms with E-state index in [1.54, 1.807) is 31.2 Å². The number of amides is 1. The van der Waals surface area contributed by atoms with Gasteiger partial charge in [-0.1, -0.05) is 30.3 Å². The number of nitrogens with zero attached hydrogens (tertiary/aromatic N) is 2. The quantitative estimate of drug-likeness (QED) is 0.947. The van der Waals surface area contributed by atoms with E-state index in [-0.39, 0.29) is 0 Å². The second-order valence-electron chi connectivity index (χ2n) is 4.67. The summed E-state index contributed by atoms with van der Waals surface area (Å²) in [5.41, 5.74) is -0.848. The fourth-order valence-corrected chi connectivity index (χ4v) is 1.96. The molecule has 7 heteroatoms. The summed E-state index contributed by atoms with van der Waals surface area (Å²) in [5.74, 6) is -0.799. The lowest BCUT2D eigenvalue weighted by Crippen LogP contribution is -2.28. The third kappa shape index (κ3) is 3.42. The van der Waals surface area contributed by atoms with Gasteiger partial charge in [0.25, 0.3) is 5.91 Å². The highest BCUT2D eigenvalue weighted by molar-refractivity contribution is 5.95. The van der Waals surface area contributed by atoms with E-state index in [4.69, 9.17) is 0 Å². The minimum absolute atomic E-state index is 0.403. The van der Waals surface area contributed by atoms with Crippen LogP contribution in [-0.2, 0) is 13.2 Å². The zero-order valence-corrected chi connectivity index (χ0v) is 11.5. The fraction of sp³-hybridized carbons (Fsp3) is 0.286. The molecule has 1 amide bonds. The van der Waals surface area contributed by atoms with Crippen molar-refractivity contribution in [1.82, 2.24) is 15.1 Å². The van der Waals surface area contributed by atoms with Crippen LogP contribution >= 0.6 is 0 Å². The minimum atomic E-state index is -4.66. The van der Waals surface area contributed by atoms with Crippen LogP contribution in [0.1, 0.15) is 34.6 Å². The Hall–Kier alpha value is -2.31. The Morgan fingerprint density at radius 1 is 1.29 bits per heavy atom. The number of carbonyl (C=O) groups excluding carboxylic acids is 1. The number of nitrogens with one attached hydrogen (secondary N) is 1. The van der Waals surface area contributed by atoms with Gasteiger partial charge in [0.05, 0.1) is 11.6 Å². The van der Waals surface area contributed by atoms with Crippen molar-refractivity contribution >= 4 is 5.91 Å². The van der Waals surface area contributed by atoms with Gasteiger partial charge in [-0.2, -0.15) is 18.3 Å². The van der Waals surface area contributed by atoms with E-state index in [1.165, 1.54) is 7.05 Å². The summed E-state index contributed by atoms with van der Waals surface area (Å²) in [7, 11) is 1.34. The molecule has 1 aromatic heterocycles. The average molecular weight is 297 g/mol. The van der Waals surface area contributed by atoms with E-state index in [0.29, 0.717) is 0 Å². The highest BCUT2D eigenvalue weighted by Crippen LogP contribution is 2.30. The molecule has 112 valence electrons. The molecule has 0 unspecified atom stereocenters. The van der Waals surface area contributed by atoms with E-state index in [2.05, 4.69) is 10.4 Å². The number of aromatic nitrogens is 2. The Bertz CT molecular complexity index is 635. The van der Waals surface area contributed by atoms with Crippen molar-refractivity contribution in [3.05, 3.63) is 53.3 Å². The van der Waals surface area contributed by atoms with Crippen molar-refractivity contribution in [3.8, 4) is 0 Å². The van der Waals surface area contributed by atoms with Crippen LogP contribution in [-0.4, -0.2) is 15.7 Å². The van der Waals surface area contributed by atoms with Gasteiger partial charge in [-0.3, -0.25) is 9.48 Å². The summed E-state index contributed by atoms with van der Waals surface area (Å²) in [6.45, 7) is 1.71. The first-order chi connectivity index (χ1) is 9.79. The predicted octanol–water partition coefficient (Wildman–Crippen LogP) is 2.93. The van der Waals surface area contributed by atoms with Crippen LogP contribution in [0.5, 0.6) is 0 Å². The molecular weight excluding hydrogens is 283 g/mol. The van der Waals surface area contributed by atoms with Crippen LogP contribution in [0.3, 0.4) is 0 Å². The van der Waals surface area contributed by atoms with Gasteiger partial charge in [0.1, 0.15) is 0 Å². The molecule has 2 rings (SSSR count). The largest absolute Gasteiger partial charge is 0.435 e. The summed E-state index contributed by atoms with van der Waals surface area (Å²) in [6, 6.07) is 8.59. The molecule has 0 bridgehead atoms. The number of hydrogen-bond acceptors (Lipinski definition) is 2. The highest BCUT2D eigenvalue weighted by atomic mass is 19.4. The minimum Gasteiger partial charge on any atom is -0.345 e. The predicted molar refractivity (Wildman–Crippen MR) is 70.5 cm³/mol. The molecule has 1 aromatic carbocycles. The van der Waals surface area contributed by atoms with Gasteiger partial charge in [0, 0.05) is 13.2 Å². The molecule has 0 saturated heterocycles. The van der Waals surface area contributed by atoms with Crippen LogP contribution < -0.4 is 5.32 Å². The van der Waals surface area contributed by atoms with Crippen LogP contribution in [0, 0.1) is 0 Å². The zero-order valence-electron chi connectivity index (χ0n) is 11.5. The van der Waals surface area contributed by atoms with Gasteiger partial charge in [-0.25, -0.2) is 0 Å². The Kier molecular flexibility index (Phi) is 4.02. The molecule has 1 atom stereocenters. The monoisotopic (exact) mass is 297 g/mol. The van der Waals surface area contributed by atoms with Crippen LogP contribution in [0.4, 0.5) is 13.2 Å². The van der Waals surface area contributed by atoms with Gasteiger partial charge >= 0.3 is 6.18 Å². The van der Waals surface area contributed by atoms with Crippen molar-refractivity contribution in [1.29, 1.82) is 0 Å². The molecule has 4 nitrogen and oxygen atoms in total. The molecule has 21 heavy (non-hydrogen) atoms. The van der Waals surface area contributed by atoms with Gasteiger partial charge in [-0.05, 0) is 12.5 Å². The Morgan fingerprint density at radius 3 is 2.48 bits per heavy atom. The summed E-state index contributed by atoms with van der Waals surface area (Å²) < 4.78 is 39.5. The molecule has 1 heterocycles. The molecule has 0 fully saturated rings. The number of rotatable bonds is 3. The SMILES string of the molecule is C[C@@H](NC(=O)c1cn(C)nc1C(F)(F)F)c1ccccc1. The molecule has 0 radical (unpaired) electrons. The lowest BCUT2D eigenvalue weighted by Gasteiger charge is -2.14. The summed E-state index contributed by atoms with van der Waals surface area (Å²) in [6.07, 6.45) is -3.60. The van der Waals surface area contributed by atoms with E-state index < -0.39 is 29.4 Å². The molecule has 2 aromatic rings. The Morgan fingerprint density at radius 2 is 1.90 bits per heavy atom. The van der Waals surface area contributed by atoms with E-state index in [9.17, 15) is 18.0 Å². The van der Waals surface area contributed by atoms with Gasteiger partial charge in [0.2, 0.25) is 0 Å². The third-order valence-corrected chi connectivity index (χ3v) is 2.99. The second kappa shape index (κ2) is 5.59. The summed E-state index contributed by atoms with van der Waals surface area (Å²) in [4.78, 5) is 12.0. The first-order valence-electron chi connectivity index (χ1n) is 6.25. The second-order valence-corrected chi connectivity index (χ2v) is 4.67. The normalized spacial score (nSPS) is 13.0. The zero-order chi connectivity index (χ0) is 15.6. The maximum atomic E-state index is 12.8. The van der Waals surface area contributed by atoms with Crippen molar-refractivity contribution in [2.24, 2.45) is 7.05 Å². The molecule has 1 N–H and O–H groups in total. The smallest absolute Gasteiger partial charge is 0.345 e. The van der Waals surface area contributed by atoms with Gasteiger partial charge in [0.15, 0.2) is 5.69 Å². The molecule has 0 aliphatic heterocycles. The maximum absolute atomic E-state index is 12.8. The van der Waals surface area contributed by atoms with Crippen molar-refractivity contribution < 1.29 is 18.0 Å². The number of benzene rings is 1. The standard InChI is InChI=1S/C14H14F3N3O/c1-9(10-6-4-3-5-7-10)18-13(21)11-8-20(2)19-12(11)14(15,16)17/h3-9H,1-2H3,(H,18,21)/t9-/m1/s1.